The van der Waals surface area contributed by atoms with Crippen LogP contribution in [-0.4, -0.2) is 40.9 Å². The van der Waals surface area contributed by atoms with Gasteiger partial charge in [0.1, 0.15) is 11.4 Å². The number of piperidine rings is 1. The zero-order valence-corrected chi connectivity index (χ0v) is 19.0. The Labute approximate surface area is 188 Å². The number of amides is 1. The summed E-state index contributed by atoms with van der Waals surface area (Å²) >= 11 is 0. The monoisotopic (exact) mass is 438 g/mol. The van der Waals surface area contributed by atoms with Gasteiger partial charge in [0.15, 0.2) is 0 Å². The van der Waals surface area contributed by atoms with Gasteiger partial charge in [-0.3, -0.25) is 0 Å². The number of aromatic nitrogens is 2. The van der Waals surface area contributed by atoms with Crippen molar-refractivity contribution in [2.45, 2.75) is 45.8 Å². The average Bonchev–Trinajstić information content (AvgIpc) is 3.11. The van der Waals surface area contributed by atoms with Crippen molar-refractivity contribution in [2.24, 2.45) is 5.92 Å². The van der Waals surface area contributed by atoms with Gasteiger partial charge in [-0.1, -0.05) is 30.3 Å². The smallest absolute Gasteiger partial charge is 0.407 e. The molecule has 1 fully saturated rings. The number of nitrogens with zero attached hydrogens (tertiary/aromatic N) is 3. The number of nitrogens with one attached hydrogen (secondary N) is 1. The number of ether oxygens (including phenoxy) is 1. The van der Waals surface area contributed by atoms with Gasteiger partial charge in [-0.25, -0.2) is 14.2 Å². The van der Waals surface area contributed by atoms with Crippen LogP contribution in [0.1, 0.15) is 39.2 Å². The molecule has 2 aromatic carbocycles. The molecule has 1 aliphatic rings. The maximum Gasteiger partial charge on any atom is 0.407 e. The molecule has 2 heterocycles. The molecule has 3 aromatic rings. The molecule has 6 nitrogen and oxygen atoms in total. The van der Waals surface area contributed by atoms with E-state index in [0.717, 1.165) is 42.9 Å². The molecule has 0 aliphatic carbocycles. The molecule has 1 saturated heterocycles. The first-order valence-corrected chi connectivity index (χ1v) is 11.2. The predicted octanol–water partition coefficient (Wildman–Crippen LogP) is 4.96. The predicted molar refractivity (Wildman–Crippen MR) is 124 cm³/mol. The fourth-order valence-corrected chi connectivity index (χ4v) is 4.21. The summed E-state index contributed by atoms with van der Waals surface area (Å²) in [6, 6.07) is 14.8. The number of halogens is 1. The quantitative estimate of drug-likeness (QED) is 0.611. The van der Waals surface area contributed by atoms with E-state index in [1.54, 1.807) is 6.07 Å². The van der Waals surface area contributed by atoms with Crippen LogP contribution in [0.15, 0.2) is 48.5 Å². The van der Waals surface area contributed by atoms with Crippen LogP contribution in [0, 0.1) is 11.7 Å². The second-order valence-electron chi connectivity index (χ2n) is 9.42. The van der Waals surface area contributed by atoms with Gasteiger partial charge in [0, 0.05) is 25.2 Å². The normalized spacial score (nSPS) is 16.9. The van der Waals surface area contributed by atoms with Crippen molar-refractivity contribution in [2.75, 3.05) is 24.5 Å². The van der Waals surface area contributed by atoms with Crippen LogP contribution < -0.4 is 10.2 Å². The second kappa shape index (κ2) is 9.18. The maximum atomic E-state index is 14.4. The van der Waals surface area contributed by atoms with E-state index in [-0.39, 0.29) is 17.8 Å². The van der Waals surface area contributed by atoms with Crippen LogP contribution in [0.3, 0.4) is 0 Å². The van der Waals surface area contributed by atoms with E-state index >= 15 is 0 Å². The van der Waals surface area contributed by atoms with E-state index in [4.69, 9.17) is 9.72 Å². The third-order valence-electron chi connectivity index (χ3n) is 5.66. The molecule has 1 N–H and O–H groups in total. The molecular formula is C25H31FN4O2. The van der Waals surface area contributed by atoms with Crippen LogP contribution in [0.5, 0.6) is 0 Å². The van der Waals surface area contributed by atoms with Crippen LogP contribution in [0.4, 0.5) is 15.1 Å². The van der Waals surface area contributed by atoms with Crippen LogP contribution in [-0.2, 0) is 11.3 Å². The van der Waals surface area contributed by atoms with Crippen LogP contribution in [0.2, 0.25) is 0 Å². The van der Waals surface area contributed by atoms with Crippen LogP contribution >= 0.6 is 0 Å². The summed E-state index contributed by atoms with van der Waals surface area (Å²) in [6.07, 6.45) is 1.64. The first-order chi connectivity index (χ1) is 15.3. The molecule has 0 spiro atoms. The van der Waals surface area contributed by atoms with Crippen molar-refractivity contribution in [1.29, 1.82) is 0 Å². The number of carbonyl (C=O) groups excluding carboxylic acids is 1. The molecule has 1 aromatic heterocycles. The number of alkyl carbamates (subject to hydrolysis) is 1. The van der Waals surface area contributed by atoms with E-state index < -0.39 is 5.60 Å². The number of fused-ring (bicyclic) bond motifs is 1. The van der Waals surface area contributed by atoms with Crippen molar-refractivity contribution in [3.8, 4) is 0 Å². The topological polar surface area (TPSA) is 59.4 Å². The highest BCUT2D eigenvalue weighted by Gasteiger charge is 2.26. The van der Waals surface area contributed by atoms with Crippen LogP contribution in [0.25, 0.3) is 11.0 Å². The Kier molecular flexibility index (Phi) is 6.35. The Bertz CT molecular complexity index is 1090. The Morgan fingerprint density at radius 3 is 2.72 bits per heavy atom. The summed E-state index contributed by atoms with van der Waals surface area (Å²) in [6.45, 7) is 8.19. The second-order valence-corrected chi connectivity index (χ2v) is 9.42. The first-order valence-electron chi connectivity index (χ1n) is 11.2. The fraction of sp³-hybridized carbons (Fsp3) is 0.440. The van der Waals surface area contributed by atoms with E-state index in [1.807, 2.05) is 57.2 Å². The minimum absolute atomic E-state index is 0.214. The largest absolute Gasteiger partial charge is 0.444 e. The highest BCUT2D eigenvalue weighted by molar-refractivity contribution is 5.79. The van der Waals surface area contributed by atoms with Gasteiger partial charge >= 0.3 is 6.09 Å². The Balaban J connectivity index is 1.53. The summed E-state index contributed by atoms with van der Waals surface area (Å²) in [5.74, 6) is 0.920. The summed E-state index contributed by atoms with van der Waals surface area (Å²) in [5, 5.41) is 2.90. The van der Waals surface area contributed by atoms with Crippen molar-refractivity contribution >= 4 is 23.1 Å². The van der Waals surface area contributed by atoms with E-state index in [2.05, 4.69) is 14.8 Å². The molecule has 0 bridgehead atoms. The third kappa shape index (κ3) is 5.21. The zero-order valence-electron chi connectivity index (χ0n) is 19.0. The number of hydrogen-bond acceptors (Lipinski definition) is 4. The average molecular weight is 439 g/mol. The molecular weight excluding hydrogens is 407 g/mol. The Hall–Kier alpha value is -3.09. The van der Waals surface area contributed by atoms with E-state index in [0.29, 0.717) is 18.7 Å². The fourth-order valence-electron chi connectivity index (χ4n) is 4.21. The number of para-hydroxylation sites is 2. The van der Waals surface area contributed by atoms with Gasteiger partial charge < -0.3 is 19.5 Å². The molecule has 7 heteroatoms. The lowest BCUT2D eigenvalue weighted by molar-refractivity contribution is 0.0517. The lowest BCUT2D eigenvalue weighted by Crippen LogP contribution is -2.43. The number of imidazole rings is 1. The Morgan fingerprint density at radius 1 is 1.19 bits per heavy atom. The third-order valence-corrected chi connectivity index (χ3v) is 5.66. The number of benzene rings is 2. The molecule has 0 saturated carbocycles. The number of rotatable bonds is 5. The van der Waals surface area contributed by atoms with Gasteiger partial charge in [0.2, 0.25) is 5.95 Å². The minimum Gasteiger partial charge on any atom is -0.444 e. The van der Waals surface area contributed by atoms with Gasteiger partial charge in [0.25, 0.3) is 0 Å². The molecule has 170 valence electrons. The molecule has 1 aliphatic heterocycles. The van der Waals surface area contributed by atoms with Gasteiger partial charge in [0.05, 0.1) is 17.6 Å². The molecule has 4 rings (SSSR count). The van der Waals surface area contributed by atoms with Gasteiger partial charge in [-0.2, -0.15) is 0 Å². The van der Waals surface area contributed by atoms with Crippen molar-refractivity contribution in [1.82, 2.24) is 14.9 Å². The minimum atomic E-state index is -0.514. The zero-order chi connectivity index (χ0) is 22.7. The van der Waals surface area contributed by atoms with Gasteiger partial charge in [-0.15, -0.1) is 0 Å². The lowest BCUT2D eigenvalue weighted by atomic mass is 9.98. The number of hydrogen-bond donors (Lipinski definition) is 1. The number of carbonyl (C=O) groups is 1. The maximum absolute atomic E-state index is 14.4. The molecule has 0 unspecified atom stereocenters. The molecule has 0 radical (unpaired) electrons. The van der Waals surface area contributed by atoms with Crippen molar-refractivity contribution < 1.29 is 13.9 Å². The van der Waals surface area contributed by atoms with Crippen molar-refractivity contribution in [3.63, 3.8) is 0 Å². The van der Waals surface area contributed by atoms with Crippen molar-refractivity contribution in [3.05, 3.63) is 59.9 Å². The van der Waals surface area contributed by atoms with E-state index in [1.165, 1.54) is 6.07 Å². The summed E-state index contributed by atoms with van der Waals surface area (Å²) < 4.78 is 21.9. The molecule has 1 amide bonds. The first kappa shape index (κ1) is 22.1. The summed E-state index contributed by atoms with van der Waals surface area (Å²) in [5.41, 5.74) is 2.00. The lowest BCUT2D eigenvalue weighted by Gasteiger charge is -2.34. The SMILES string of the molecule is CC(C)(C)OC(=O)NC[C@@H]1CCCN(c2nc3ccccc3n2Cc2ccccc2F)C1. The highest BCUT2D eigenvalue weighted by atomic mass is 19.1. The summed E-state index contributed by atoms with van der Waals surface area (Å²) in [7, 11) is 0. The Morgan fingerprint density at radius 2 is 1.94 bits per heavy atom. The standard InChI is InChI=1S/C25H31FN4O2/c1-25(2,3)32-24(31)27-15-18-9-8-14-29(16-18)23-28-21-12-6-7-13-22(21)30(23)17-19-10-4-5-11-20(19)26/h4-7,10-13,18H,8-9,14-17H2,1-3H3,(H,27,31)/t18-/m0/s1. The highest BCUT2D eigenvalue weighted by Crippen LogP contribution is 2.28. The summed E-state index contributed by atoms with van der Waals surface area (Å²) in [4.78, 5) is 19.2. The van der Waals surface area contributed by atoms with Gasteiger partial charge in [-0.05, 0) is 57.7 Å². The number of anilines is 1. The molecule has 1 atom stereocenters. The molecule has 32 heavy (non-hydrogen) atoms. The van der Waals surface area contributed by atoms with E-state index in [9.17, 15) is 9.18 Å².